The van der Waals surface area contributed by atoms with Crippen LogP contribution in [0.3, 0.4) is 0 Å². The summed E-state index contributed by atoms with van der Waals surface area (Å²) in [5, 5.41) is 15.6. The van der Waals surface area contributed by atoms with Crippen molar-refractivity contribution in [1.29, 1.82) is 0 Å². The number of aryl methyl sites for hydroxylation is 3. The van der Waals surface area contributed by atoms with E-state index in [0.29, 0.717) is 28.5 Å². The third-order valence-corrected chi connectivity index (χ3v) is 7.20. The maximum Gasteiger partial charge on any atom is 0.326 e. The number of ether oxygens (including phenoxy) is 2. The fraction of sp³-hybridized carbons (Fsp3) is 0.556. The van der Waals surface area contributed by atoms with Crippen molar-refractivity contribution in [3.05, 3.63) is 46.3 Å². The van der Waals surface area contributed by atoms with Crippen molar-refractivity contribution < 1.29 is 24.2 Å². The summed E-state index contributed by atoms with van der Waals surface area (Å²) in [5.41, 5.74) is 4.07. The molecule has 9 heteroatoms. The number of carboxylic acids is 1. The Hall–Kier alpha value is -3.20. The minimum atomic E-state index is -1.08. The molecule has 4 rings (SSSR count). The van der Waals surface area contributed by atoms with Gasteiger partial charge in [0.1, 0.15) is 11.9 Å². The van der Waals surface area contributed by atoms with Crippen LogP contribution in [0.1, 0.15) is 64.8 Å². The van der Waals surface area contributed by atoms with Gasteiger partial charge in [0, 0.05) is 37.0 Å². The number of fused-ring (bicyclic) bond motifs is 1. The van der Waals surface area contributed by atoms with E-state index in [2.05, 4.69) is 27.8 Å². The van der Waals surface area contributed by atoms with Gasteiger partial charge in [0.25, 0.3) is 5.91 Å². The predicted octanol–water partition coefficient (Wildman–Crippen LogP) is 3.46. The summed E-state index contributed by atoms with van der Waals surface area (Å²) >= 11 is 0. The van der Waals surface area contributed by atoms with Gasteiger partial charge < -0.3 is 25.2 Å². The Bertz CT molecular complexity index is 1100. The molecule has 1 saturated carbocycles. The molecule has 2 aromatic rings. The number of carbonyl (C=O) groups excluding carboxylic acids is 1. The highest BCUT2D eigenvalue weighted by molar-refractivity contribution is 5.99. The van der Waals surface area contributed by atoms with Gasteiger partial charge in [-0.05, 0) is 75.5 Å². The highest BCUT2D eigenvalue weighted by Crippen LogP contribution is 2.34. The molecule has 1 aliphatic carbocycles. The van der Waals surface area contributed by atoms with Gasteiger partial charge in [-0.15, -0.1) is 0 Å². The highest BCUT2D eigenvalue weighted by Gasteiger charge is 2.30. The molecule has 1 amide bonds. The van der Waals surface area contributed by atoms with E-state index in [1.54, 1.807) is 20.0 Å². The van der Waals surface area contributed by atoms with E-state index in [1.165, 1.54) is 12.7 Å². The van der Waals surface area contributed by atoms with Gasteiger partial charge >= 0.3 is 5.97 Å². The number of aromatic nitrogens is 2. The molecular weight excluding hydrogens is 460 g/mol. The summed E-state index contributed by atoms with van der Waals surface area (Å²) in [7, 11) is 1.48. The van der Waals surface area contributed by atoms with Crippen LogP contribution in [-0.2, 0) is 22.4 Å². The molecule has 0 bridgehead atoms. The Morgan fingerprint density at radius 2 is 2.08 bits per heavy atom. The maximum absolute atomic E-state index is 12.8. The van der Waals surface area contributed by atoms with Crippen molar-refractivity contribution in [1.82, 2.24) is 15.3 Å². The second-order valence-corrected chi connectivity index (χ2v) is 9.81. The summed E-state index contributed by atoms with van der Waals surface area (Å²) in [6.07, 6.45) is 8.14. The van der Waals surface area contributed by atoms with Crippen LogP contribution in [-0.4, -0.2) is 59.4 Å². The quantitative estimate of drug-likeness (QED) is 0.432. The molecule has 3 heterocycles. The number of methoxy groups -OCH3 is 1. The number of carbonyl (C=O) groups is 2. The first-order valence-corrected chi connectivity index (χ1v) is 12.7. The van der Waals surface area contributed by atoms with Crippen LogP contribution in [0, 0.1) is 19.8 Å². The van der Waals surface area contributed by atoms with E-state index in [-0.39, 0.29) is 19.1 Å². The molecule has 3 N–H and O–H groups in total. The first-order valence-electron chi connectivity index (χ1n) is 12.7. The Morgan fingerprint density at radius 3 is 2.83 bits per heavy atom. The first-order chi connectivity index (χ1) is 17.4. The molecule has 1 fully saturated rings. The summed E-state index contributed by atoms with van der Waals surface area (Å²) in [6, 6.07) is 3.31. The van der Waals surface area contributed by atoms with Gasteiger partial charge in [-0.1, -0.05) is 6.07 Å². The summed E-state index contributed by atoms with van der Waals surface area (Å²) in [6.45, 7) is 4.77. The fourth-order valence-corrected chi connectivity index (χ4v) is 5.02. The number of amides is 1. The molecule has 2 aliphatic rings. The SMILES string of the molecule is COc1ncc(C)c(C(=O)N[C@@H](CCOC2CC(CCc3ccc4c(n3)NCCC4)C2)C(=O)O)c1C. The third-order valence-electron chi connectivity index (χ3n) is 7.20. The molecule has 0 radical (unpaired) electrons. The molecule has 0 aromatic carbocycles. The third kappa shape index (κ3) is 6.13. The molecule has 0 unspecified atom stereocenters. The summed E-state index contributed by atoms with van der Waals surface area (Å²) in [5.74, 6) is 0.458. The summed E-state index contributed by atoms with van der Waals surface area (Å²) < 4.78 is 11.1. The van der Waals surface area contributed by atoms with Gasteiger partial charge in [0.05, 0.1) is 18.8 Å². The molecule has 9 nitrogen and oxygen atoms in total. The molecule has 36 heavy (non-hydrogen) atoms. The minimum Gasteiger partial charge on any atom is -0.481 e. The molecule has 1 atom stereocenters. The number of rotatable bonds is 11. The zero-order valence-electron chi connectivity index (χ0n) is 21.3. The van der Waals surface area contributed by atoms with E-state index < -0.39 is 17.9 Å². The lowest BCUT2D eigenvalue weighted by Gasteiger charge is -2.35. The van der Waals surface area contributed by atoms with E-state index in [0.717, 1.165) is 56.6 Å². The van der Waals surface area contributed by atoms with Crippen molar-refractivity contribution in [2.24, 2.45) is 5.92 Å². The Kier molecular flexibility index (Phi) is 8.40. The Morgan fingerprint density at radius 1 is 1.28 bits per heavy atom. The van der Waals surface area contributed by atoms with Gasteiger partial charge in [0.15, 0.2) is 0 Å². The molecule has 0 spiro atoms. The number of hydrogen-bond acceptors (Lipinski definition) is 7. The molecule has 1 aliphatic heterocycles. The largest absolute Gasteiger partial charge is 0.481 e. The lowest BCUT2D eigenvalue weighted by molar-refractivity contribution is -0.140. The van der Waals surface area contributed by atoms with Crippen LogP contribution in [0.25, 0.3) is 0 Å². The average molecular weight is 497 g/mol. The number of anilines is 1. The van der Waals surface area contributed by atoms with E-state index in [9.17, 15) is 14.7 Å². The number of aliphatic carboxylic acids is 1. The number of carboxylic acid groups (broad SMARTS) is 1. The monoisotopic (exact) mass is 496 g/mol. The zero-order chi connectivity index (χ0) is 25.7. The maximum atomic E-state index is 12.8. The molecular formula is C27H36N4O5. The molecule has 0 saturated heterocycles. The first kappa shape index (κ1) is 25.9. The number of nitrogens with zero attached hydrogens (tertiary/aromatic N) is 2. The van der Waals surface area contributed by atoms with E-state index >= 15 is 0 Å². The zero-order valence-corrected chi connectivity index (χ0v) is 21.3. The lowest BCUT2D eigenvalue weighted by atomic mass is 9.79. The normalized spacial score (nSPS) is 19.4. The smallest absolute Gasteiger partial charge is 0.326 e. The van der Waals surface area contributed by atoms with Crippen LogP contribution >= 0.6 is 0 Å². The lowest BCUT2D eigenvalue weighted by Crippen LogP contribution is -2.42. The van der Waals surface area contributed by atoms with Gasteiger partial charge in [0.2, 0.25) is 5.88 Å². The fourth-order valence-electron chi connectivity index (χ4n) is 5.02. The number of hydrogen-bond donors (Lipinski definition) is 3. The van der Waals surface area contributed by atoms with Crippen LogP contribution in [0.5, 0.6) is 5.88 Å². The van der Waals surface area contributed by atoms with Crippen molar-refractivity contribution in [3.63, 3.8) is 0 Å². The predicted molar refractivity (Wildman–Crippen MR) is 136 cm³/mol. The van der Waals surface area contributed by atoms with Crippen molar-refractivity contribution >= 4 is 17.7 Å². The molecule has 194 valence electrons. The van der Waals surface area contributed by atoms with Crippen LogP contribution in [0.4, 0.5) is 5.82 Å². The number of nitrogens with one attached hydrogen (secondary N) is 2. The van der Waals surface area contributed by atoms with Crippen LogP contribution in [0.15, 0.2) is 18.3 Å². The average Bonchev–Trinajstić information content (AvgIpc) is 2.84. The standard InChI is InChI=1S/C27H36N4O5/c1-16-15-29-26(35-3)17(2)23(16)25(32)31-22(27(33)34)10-12-36-21-13-18(14-21)6-8-20-9-7-19-5-4-11-28-24(19)30-20/h7,9,15,18,21-22H,4-6,8,10-14H2,1-3H3,(H,28,30)(H,31,32)(H,33,34)/t18?,21?,22-/m0/s1. The Balaban J connectivity index is 1.19. The van der Waals surface area contributed by atoms with Gasteiger partial charge in [-0.25, -0.2) is 14.8 Å². The van der Waals surface area contributed by atoms with Crippen LogP contribution in [0.2, 0.25) is 0 Å². The second kappa shape index (κ2) is 11.7. The van der Waals surface area contributed by atoms with E-state index in [4.69, 9.17) is 14.5 Å². The second-order valence-electron chi connectivity index (χ2n) is 9.81. The van der Waals surface area contributed by atoms with Crippen molar-refractivity contribution in [3.8, 4) is 5.88 Å². The summed E-state index contributed by atoms with van der Waals surface area (Å²) in [4.78, 5) is 33.5. The minimum absolute atomic E-state index is 0.146. The number of pyridine rings is 2. The highest BCUT2D eigenvalue weighted by atomic mass is 16.5. The Labute approximate surface area is 212 Å². The van der Waals surface area contributed by atoms with Crippen molar-refractivity contribution in [2.45, 2.75) is 70.9 Å². The van der Waals surface area contributed by atoms with E-state index in [1.807, 2.05) is 0 Å². The topological polar surface area (TPSA) is 123 Å². The van der Waals surface area contributed by atoms with Gasteiger partial charge in [-0.2, -0.15) is 0 Å². The van der Waals surface area contributed by atoms with Gasteiger partial charge in [-0.3, -0.25) is 4.79 Å². The molecule has 2 aromatic heterocycles. The van der Waals surface area contributed by atoms with Crippen LogP contribution < -0.4 is 15.4 Å². The van der Waals surface area contributed by atoms with Crippen molar-refractivity contribution in [2.75, 3.05) is 25.6 Å².